The molecule has 0 bridgehead atoms. The second-order valence-corrected chi connectivity index (χ2v) is 5.73. The van der Waals surface area contributed by atoms with Gasteiger partial charge in [-0.3, -0.25) is 4.98 Å². The molecule has 3 rings (SSSR count). The van der Waals surface area contributed by atoms with E-state index in [1.165, 1.54) is 22.5 Å². The number of anilines is 2. The predicted octanol–water partition coefficient (Wildman–Crippen LogP) is 3.66. The van der Waals surface area contributed by atoms with Crippen LogP contribution in [0.4, 0.5) is 11.4 Å². The van der Waals surface area contributed by atoms with Crippen LogP contribution >= 0.6 is 0 Å². The van der Waals surface area contributed by atoms with Crippen LogP contribution in [0.5, 0.6) is 0 Å². The van der Waals surface area contributed by atoms with E-state index < -0.39 is 0 Å². The van der Waals surface area contributed by atoms with E-state index in [0.29, 0.717) is 6.04 Å². The first-order chi connectivity index (χ1) is 10.3. The Labute approximate surface area is 127 Å². The fourth-order valence-corrected chi connectivity index (χ4v) is 3.12. The summed E-state index contributed by atoms with van der Waals surface area (Å²) in [6.45, 7) is 6.41. The van der Waals surface area contributed by atoms with Gasteiger partial charge in [0.15, 0.2) is 0 Å². The molecule has 0 amide bonds. The van der Waals surface area contributed by atoms with Gasteiger partial charge in [0.05, 0.1) is 0 Å². The Morgan fingerprint density at radius 2 is 2.10 bits per heavy atom. The van der Waals surface area contributed by atoms with E-state index in [1.54, 1.807) is 0 Å². The lowest BCUT2D eigenvalue weighted by molar-refractivity contribution is 0.669. The molecule has 0 radical (unpaired) electrons. The highest BCUT2D eigenvalue weighted by molar-refractivity contribution is 5.72. The van der Waals surface area contributed by atoms with Gasteiger partial charge in [0, 0.05) is 41.9 Å². The highest BCUT2D eigenvalue weighted by atomic mass is 15.2. The molecule has 3 heteroatoms. The molecule has 1 N–H and O–H groups in total. The average Bonchev–Trinajstić information content (AvgIpc) is 2.84. The fraction of sp³-hybridized carbons (Fsp3) is 0.389. The maximum Gasteiger partial charge on any atom is 0.0490 e. The summed E-state index contributed by atoms with van der Waals surface area (Å²) in [5, 5.41) is 3.49. The zero-order valence-corrected chi connectivity index (χ0v) is 12.8. The number of benzene rings is 1. The Morgan fingerprint density at radius 3 is 2.95 bits per heavy atom. The third kappa shape index (κ3) is 2.79. The standard InChI is InChI=1S/C18H23N3/c1-3-9-19-12-16-13-20-10-8-18(16)21-14(2)11-15-6-4-5-7-17(15)21/h4-8,10,13-14,19H,3,9,11-12H2,1-2H3. The van der Waals surface area contributed by atoms with Gasteiger partial charge in [-0.2, -0.15) is 0 Å². The largest absolute Gasteiger partial charge is 0.338 e. The molecule has 21 heavy (non-hydrogen) atoms. The van der Waals surface area contributed by atoms with Crippen molar-refractivity contribution in [3.8, 4) is 0 Å². The summed E-state index contributed by atoms with van der Waals surface area (Å²) in [4.78, 5) is 6.77. The second-order valence-electron chi connectivity index (χ2n) is 5.73. The first kappa shape index (κ1) is 14.1. The molecule has 1 aromatic heterocycles. The van der Waals surface area contributed by atoms with Crippen LogP contribution in [0.3, 0.4) is 0 Å². The Balaban J connectivity index is 1.93. The van der Waals surface area contributed by atoms with Crippen molar-refractivity contribution in [3.05, 3.63) is 53.9 Å². The molecule has 1 atom stereocenters. The Morgan fingerprint density at radius 1 is 1.24 bits per heavy atom. The van der Waals surface area contributed by atoms with Gasteiger partial charge in [-0.15, -0.1) is 0 Å². The topological polar surface area (TPSA) is 28.2 Å². The van der Waals surface area contributed by atoms with E-state index >= 15 is 0 Å². The van der Waals surface area contributed by atoms with Crippen molar-refractivity contribution < 1.29 is 0 Å². The summed E-state index contributed by atoms with van der Waals surface area (Å²) in [7, 11) is 0. The lowest BCUT2D eigenvalue weighted by Crippen LogP contribution is -2.26. The van der Waals surface area contributed by atoms with Crippen molar-refractivity contribution in [2.75, 3.05) is 11.4 Å². The van der Waals surface area contributed by atoms with Crippen LogP contribution in [0, 0.1) is 0 Å². The third-order valence-electron chi connectivity index (χ3n) is 4.09. The van der Waals surface area contributed by atoms with Crippen LogP contribution in [-0.4, -0.2) is 17.6 Å². The molecule has 0 fully saturated rings. The maximum absolute atomic E-state index is 4.31. The molecule has 110 valence electrons. The molecule has 1 aliphatic heterocycles. The Bertz CT molecular complexity index is 609. The zero-order valence-electron chi connectivity index (χ0n) is 12.8. The lowest BCUT2D eigenvalue weighted by atomic mass is 10.1. The SMILES string of the molecule is CCCNCc1cnccc1N1c2ccccc2CC1C. The second kappa shape index (κ2) is 6.27. The number of rotatable bonds is 5. The minimum atomic E-state index is 0.495. The van der Waals surface area contributed by atoms with E-state index in [1.807, 2.05) is 12.4 Å². The fourth-order valence-electron chi connectivity index (χ4n) is 3.12. The molecule has 1 aliphatic rings. The van der Waals surface area contributed by atoms with Gasteiger partial charge >= 0.3 is 0 Å². The lowest BCUT2D eigenvalue weighted by Gasteiger charge is -2.27. The zero-order chi connectivity index (χ0) is 14.7. The van der Waals surface area contributed by atoms with Gasteiger partial charge in [0.2, 0.25) is 0 Å². The van der Waals surface area contributed by atoms with Crippen LogP contribution in [0.15, 0.2) is 42.7 Å². The number of nitrogens with zero attached hydrogens (tertiary/aromatic N) is 2. The van der Waals surface area contributed by atoms with Gasteiger partial charge in [0.25, 0.3) is 0 Å². The quantitative estimate of drug-likeness (QED) is 0.848. The molecule has 1 aromatic carbocycles. The summed E-state index contributed by atoms with van der Waals surface area (Å²) in [6.07, 6.45) is 6.15. The third-order valence-corrected chi connectivity index (χ3v) is 4.09. The number of pyridine rings is 1. The van der Waals surface area contributed by atoms with Crippen molar-refractivity contribution in [3.63, 3.8) is 0 Å². The first-order valence-electron chi connectivity index (χ1n) is 7.82. The molecule has 1 unspecified atom stereocenters. The number of hydrogen-bond donors (Lipinski definition) is 1. The van der Waals surface area contributed by atoms with E-state index in [2.05, 4.69) is 59.4 Å². The number of nitrogens with one attached hydrogen (secondary N) is 1. The normalized spacial score (nSPS) is 17.0. The molecule has 0 saturated carbocycles. The van der Waals surface area contributed by atoms with Crippen molar-refractivity contribution in [2.45, 2.75) is 39.3 Å². The van der Waals surface area contributed by atoms with Crippen molar-refractivity contribution in [1.29, 1.82) is 0 Å². The van der Waals surface area contributed by atoms with Crippen molar-refractivity contribution >= 4 is 11.4 Å². The minimum Gasteiger partial charge on any atom is -0.338 e. The van der Waals surface area contributed by atoms with Gasteiger partial charge in [0.1, 0.15) is 0 Å². The Kier molecular flexibility index (Phi) is 4.20. The van der Waals surface area contributed by atoms with Gasteiger partial charge in [-0.1, -0.05) is 25.1 Å². The summed E-state index contributed by atoms with van der Waals surface area (Å²) >= 11 is 0. The summed E-state index contributed by atoms with van der Waals surface area (Å²) < 4.78 is 0. The molecule has 0 saturated heterocycles. The maximum atomic E-state index is 4.31. The van der Waals surface area contributed by atoms with Gasteiger partial charge < -0.3 is 10.2 Å². The first-order valence-corrected chi connectivity index (χ1v) is 7.82. The molecule has 0 spiro atoms. The van der Waals surface area contributed by atoms with Crippen LogP contribution in [0.25, 0.3) is 0 Å². The number of aromatic nitrogens is 1. The monoisotopic (exact) mass is 281 g/mol. The minimum absolute atomic E-state index is 0.495. The summed E-state index contributed by atoms with van der Waals surface area (Å²) in [5.41, 5.74) is 5.34. The molecular formula is C18H23N3. The van der Waals surface area contributed by atoms with Crippen molar-refractivity contribution in [2.24, 2.45) is 0 Å². The van der Waals surface area contributed by atoms with Crippen LogP contribution in [0.1, 0.15) is 31.4 Å². The summed E-state index contributed by atoms with van der Waals surface area (Å²) in [6, 6.07) is 11.4. The molecule has 0 aliphatic carbocycles. The predicted molar refractivity (Wildman–Crippen MR) is 88.0 cm³/mol. The molecule has 2 heterocycles. The van der Waals surface area contributed by atoms with Gasteiger partial charge in [-0.25, -0.2) is 0 Å². The van der Waals surface area contributed by atoms with Gasteiger partial charge in [-0.05, 0) is 44.0 Å². The van der Waals surface area contributed by atoms with E-state index in [0.717, 1.165) is 25.9 Å². The molecule has 3 nitrogen and oxygen atoms in total. The average molecular weight is 281 g/mol. The van der Waals surface area contributed by atoms with Crippen LogP contribution < -0.4 is 10.2 Å². The Hall–Kier alpha value is -1.87. The van der Waals surface area contributed by atoms with E-state index in [-0.39, 0.29) is 0 Å². The molecular weight excluding hydrogens is 258 g/mol. The number of fused-ring (bicyclic) bond motifs is 1. The summed E-state index contributed by atoms with van der Waals surface area (Å²) in [5.74, 6) is 0. The van der Waals surface area contributed by atoms with E-state index in [4.69, 9.17) is 0 Å². The number of para-hydroxylation sites is 1. The highest BCUT2D eigenvalue weighted by Gasteiger charge is 2.27. The number of hydrogen-bond acceptors (Lipinski definition) is 3. The van der Waals surface area contributed by atoms with E-state index in [9.17, 15) is 0 Å². The van der Waals surface area contributed by atoms with Crippen molar-refractivity contribution in [1.82, 2.24) is 10.3 Å². The molecule has 2 aromatic rings. The van der Waals surface area contributed by atoms with Crippen LogP contribution in [0.2, 0.25) is 0 Å². The van der Waals surface area contributed by atoms with Crippen LogP contribution in [-0.2, 0) is 13.0 Å². The smallest absolute Gasteiger partial charge is 0.0490 e. The highest BCUT2D eigenvalue weighted by Crippen LogP contribution is 2.39.